The van der Waals surface area contributed by atoms with Gasteiger partial charge in [0.1, 0.15) is 30.1 Å². The van der Waals surface area contributed by atoms with Crippen LogP contribution in [-0.4, -0.2) is 54.4 Å². The van der Waals surface area contributed by atoms with E-state index in [1.807, 2.05) is 37.3 Å². The standard InChI is InChI=1S/C34H47Cl2N3O3P/c1-6-9-19-43(20-10-7-2,21-11-8-3)23-29(40)32(37)34(41)39(5)28-18-17-27(35)26(31(28)36)22-42-30-14-12-13-25-16-15-24(4)38-33(25)30/h12-18,32H,6-11,19-23,37H2,1-5H3/q+1/t32-/m0/s1. The second-order valence-electron chi connectivity index (χ2n) is 11.5. The molecule has 1 amide bonds. The van der Waals surface area contributed by atoms with Gasteiger partial charge in [-0.25, -0.2) is 4.98 Å². The maximum atomic E-state index is 13.6. The average molecular weight is 648 g/mol. The zero-order chi connectivity index (χ0) is 31.6. The molecule has 1 heterocycles. The van der Waals surface area contributed by atoms with Crippen molar-refractivity contribution in [2.45, 2.75) is 78.9 Å². The molecule has 2 aromatic carbocycles. The Morgan fingerprint density at radius 1 is 0.953 bits per heavy atom. The number of nitrogens with two attached hydrogens (primary N) is 1. The van der Waals surface area contributed by atoms with Crippen LogP contribution in [0.15, 0.2) is 42.5 Å². The molecular weight excluding hydrogens is 600 g/mol. The summed E-state index contributed by atoms with van der Waals surface area (Å²) >= 11 is 13.4. The number of ether oxygens (including phenoxy) is 1. The highest BCUT2D eigenvalue weighted by Gasteiger charge is 2.41. The molecular formula is C34H47Cl2N3O3P+. The first-order valence-corrected chi connectivity index (χ1v) is 18.7. The van der Waals surface area contributed by atoms with Crippen molar-refractivity contribution in [2.75, 3.05) is 36.6 Å². The number of nitrogens with zero attached hydrogens (tertiary/aromatic N) is 2. The van der Waals surface area contributed by atoms with Crippen LogP contribution in [0.2, 0.25) is 10.0 Å². The molecule has 0 saturated heterocycles. The van der Waals surface area contributed by atoms with Crippen molar-refractivity contribution >= 4 is 58.7 Å². The Labute approximate surface area is 268 Å². The fraction of sp³-hybridized carbons (Fsp3) is 0.500. The Bertz CT molecular complexity index is 1380. The van der Waals surface area contributed by atoms with Crippen molar-refractivity contribution in [2.24, 2.45) is 5.73 Å². The van der Waals surface area contributed by atoms with E-state index < -0.39 is 19.2 Å². The zero-order valence-electron chi connectivity index (χ0n) is 26.3. The molecule has 2 N–H and O–H groups in total. The highest BCUT2D eigenvalue weighted by Crippen LogP contribution is 2.60. The third-order valence-corrected chi connectivity index (χ3v) is 13.7. The van der Waals surface area contributed by atoms with Gasteiger partial charge < -0.3 is 15.4 Å². The van der Waals surface area contributed by atoms with Gasteiger partial charge in [0, 0.05) is 36.0 Å². The summed E-state index contributed by atoms with van der Waals surface area (Å²) in [7, 11) is 0.0513. The summed E-state index contributed by atoms with van der Waals surface area (Å²) in [5.41, 5.74) is 8.98. The van der Waals surface area contributed by atoms with Gasteiger partial charge >= 0.3 is 0 Å². The summed E-state index contributed by atoms with van der Waals surface area (Å²) in [5, 5.41) is 1.66. The van der Waals surface area contributed by atoms with Gasteiger partial charge in [0.2, 0.25) is 0 Å². The number of fused-ring (bicyclic) bond motifs is 1. The molecule has 0 aliphatic rings. The van der Waals surface area contributed by atoms with E-state index in [2.05, 4.69) is 25.8 Å². The monoisotopic (exact) mass is 646 g/mol. The van der Waals surface area contributed by atoms with Crippen LogP contribution in [0.5, 0.6) is 5.75 Å². The topological polar surface area (TPSA) is 85.5 Å². The average Bonchev–Trinajstić information content (AvgIpc) is 3.00. The zero-order valence-corrected chi connectivity index (χ0v) is 28.7. The minimum Gasteiger partial charge on any atom is -0.487 e. The Morgan fingerprint density at radius 2 is 1.58 bits per heavy atom. The Balaban J connectivity index is 1.80. The molecule has 3 rings (SSSR count). The molecule has 0 unspecified atom stereocenters. The summed E-state index contributed by atoms with van der Waals surface area (Å²) in [6.07, 6.45) is 10.3. The predicted molar refractivity (Wildman–Crippen MR) is 185 cm³/mol. The molecule has 1 atom stereocenters. The minimum atomic E-state index is -1.55. The van der Waals surface area contributed by atoms with E-state index in [9.17, 15) is 9.59 Å². The summed E-state index contributed by atoms with van der Waals surface area (Å²) < 4.78 is 6.14. The lowest BCUT2D eigenvalue weighted by Crippen LogP contribution is -2.48. The number of pyridine rings is 1. The van der Waals surface area contributed by atoms with E-state index in [1.54, 1.807) is 19.2 Å². The van der Waals surface area contributed by atoms with Crippen LogP contribution in [0.25, 0.3) is 10.9 Å². The molecule has 0 saturated carbocycles. The van der Waals surface area contributed by atoms with Crippen molar-refractivity contribution in [3.05, 3.63) is 63.8 Å². The molecule has 0 fully saturated rings. The van der Waals surface area contributed by atoms with Gasteiger partial charge in [0.15, 0.2) is 5.78 Å². The van der Waals surface area contributed by atoms with E-state index in [0.717, 1.165) is 73.6 Å². The number of unbranched alkanes of at least 4 members (excludes halogenated alkanes) is 3. The first-order valence-electron chi connectivity index (χ1n) is 15.4. The van der Waals surface area contributed by atoms with Crippen molar-refractivity contribution in [1.29, 1.82) is 0 Å². The van der Waals surface area contributed by atoms with Gasteiger partial charge in [-0.2, -0.15) is 0 Å². The smallest absolute Gasteiger partial charge is 0.251 e. The number of hydrogen-bond acceptors (Lipinski definition) is 5. The molecule has 234 valence electrons. The lowest BCUT2D eigenvalue weighted by molar-refractivity contribution is -0.127. The second-order valence-corrected chi connectivity index (χ2v) is 16.6. The van der Waals surface area contributed by atoms with E-state index in [4.69, 9.17) is 33.7 Å². The van der Waals surface area contributed by atoms with Crippen LogP contribution >= 0.6 is 30.5 Å². The quantitative estimate of drug-likeness (QED) is 0.117. The van der Waals surface area contributed by atoms with Crippen LogP contribution in [0.4, 0.5) is 5.69 Å². The second kappa shape index (κ2) is 16.7. The summed E-state index contributed by atoms with van der Waals surface area (Å²) in [5.74, 6) is -0.0351. The molecule has 0 aliphatic carbocycles. The normalized spacial score (nSPS) is 12.4. The Kier molecular flexibility index (Phi) is 13.7. The third kappa shape index (κ3) is 9.14. The molecule has 0 spiro atoms. The molecule has 0 radical (unpaired) electrons. The molecule has 43 heavy (non-hydrogen) atoms. The van der Waals surface area contributed by atoms with E-state index in [-0.39, 0.29) is 17.4 Å². The van der Waals surface area contributed by atoms with Crippen LogP contribution in [-0.2, 0) is 16.2 Å². The highest BCUT2D eigenvalue weighted by molar-refractivity contribution is 7.76. The number of ketones is 1. The molecule has 0 aliphatic heterocycles. The lowest BCUT2D eigenvalue weighted by Gasteiger charge is -2.29. The number of likely N-dealkylation sites (N-methyl/N-ethyl adjacent to an activating group) is 1. The number of para-hydroxylation sites is 1. The molecule has 0 bridgehead atoms. The number of hydrogen-bond donors (Lipinski definition) is 1. The maximum Gasteiger partial charge on any atom is 0.251 e. The van der Waals surface area contributed by atoms with Crippen molar-refractivity contribution < 1.29 is 14.3 Å². The number of benzene rings is 2. The van der Waals surface area contributed by atoms with Gasteiger partial charge in [0.25, 0.3) is 5.91 Å². The fourth-order valence-electron chi connectivity index (χ4n) is 5.41. The van der Waals surface area contributed by atoms with Gasteiger partial charge in [-0.1, -0.05) is 81.4 Å². The number of aryl methyl sites for hydroxylation is 1. The number of carbonyl (C=O) groups excluding carboxylic acids is 2. The van der Waals surface area contributed by atoms with E-state index >= 15 is 0 Å². The number of halogens is 2. The summed E-state index contributed by atoms with van der Waals surface area (Å²) in [6.45, 7) is 8.58. The number of rotatable bonds is 17. The number of aromatic nitrogens is 1. The Hall–Kier alpha value is -2.24. The van der Waals surface area contributed by atoms with Crippen molar-refractivity contribution in [1.82, 2.24) is 4.98 Å². The SMILES string of the molecule is CCCC[P+](CCCC)(CCCC)CC(=O)[C@H](N)C(=O)N(C)c1ccc(Cl)c(COc2cccc3ccc(C)nc23)c1Cl. The van der Waals surface area contributed by atoms with Gasteiger partial charge in [-0.05, 0) is 50.5 Å². The number of amides is 1. The van der Waals surface area contributed by atoms with Crippen LogP contribution in [0.3, 0.4) is 0 Å². The summed E-state index contributed by atoms with van der Waals surface area (Å²) in [6, 6.07) is 11.8. The largest absolute Gasteiger partial charge is 0.487 e. The number of carbonyl (C=O) groups is 2. The number of Topliss-reactive ketones (excluding diaryl/α,β-unsaturated/α-hetero) is 1. The van der Waals surface area contributed by atoms with E-state index in [0.29, 0.717) is 28.2 Å². The molecule has 3 aromatic rings. The number of anilines is 1. The highest BCUT2D eigenvalue weighted by atomic mass is 35.5. The first kappa shape index (κ1) is 35.2. The Morgan fingerprint density at radius 3 is 2.19 bits per heavy atom. The molecule has 6 nitrogen and oxygen atoms in total. The van der Waals surface area contributed by atoms with Gasteiger partial charge in [-0.15, -0.1) is 0 Å². The lowest BCUT2D eigenvalue weighted by atomic mass is 10.1. The molecule has 9 heteroatoms. The fourth-order valence-corrected chi connectivity index (χ4v) is 11.0. The van der Waals surface area contributed by atoms with Crippen LogP contribution in [0, 0.1) is 6.92 Å². The van der Waals surface area contributed by atoms with Crippen LogP contribution in [0.1, 0.15) is 70.6 Å². The van der Waals surface area contributed by atoms with Gasteiger partial charge in [-0.3, -0.25) is 9.59 Å². The van der Waals surface area contributed by atoms with Crippen molar-refractivity contribution in [3.8, 4) is 5.75 Å². The maximum absolute atomic E-state index is 13.6. The van der Waals surface area contributed by atoms with E-state index in [1.165, 1.54) is 4.90 Å². The van der Waals surface area contributed by atoms with Gasteiger partial charge in [0.05, 0.1) is 29.2 Å². The third-order valence-electron chi connectivity index (χ3n) is 8.11. The summed E-state index contributed by atoms with van der Waals surface area (Å²) in [4.78, 5) is 33.2. The van der Waals surface area contributed by atoms with Crippen molar-refractivity contribution in [3.63, 3.8) is 0 Å². The predicted octanol–water partition coefficient (Wildman–Crippen LogP) is 8.71. The minimum absolute atomic E-state index is 0.0759. The van der Waals surface area contributed by atoms with Crippen LogP contribution < -0.4 is 15.4 Å². The molecule has 1 aromatic heterocycles. The first-order chi connectivity index (χ1) is 20.6.